The average molecular weight is 318 g/mol. The van der Waals surface area contributed by atoms with Gasteiger partial charge in [0.2, 0.25) is 0 Å². The average Bonchev–Trinajstić information content (AvgIpc) is 2.39. The Morgan fingerprint density at radius 1 is 0.895 bits per heavy atom. The van der Waals surface area contributed by atoms with E-state index < -0.39 is 0 Å². The molecule has 0 heterocycles. The van der Waals surface area contributed by atoms with E-state index in [1.54, 1.807) is 0 Å². The molecular formula is C17H20BrN. The molecule has 0 aliphatic carbocycles. The highest BCUT2D eigenvalue weighted by atomic mass is 79.9. The van der Waals surface area contributed by atoms with Crippen molar-refractivity contribution in [3.05, 3.63) is 64.1 Å². The molecule has 0 saturated carbocycles. The van der Waals surface area contributed by atoms with Crippen LogP contribution in [0.15, 0.2) is 53.0 Å². The third kappa shape index (κ3) is 3.84. The largest absolute Gasteiger partial charge is 0.378 e. The zero-order valence-corrected chi connectivity index (χ0v) is 13.2. The second-order valence-corrected chi connectivity index (χ2v) is 6.11. The van der Waals surface area contributed by atoms with Gasteiger partial charge in [0.05, 0.1) is 0 Å². The van der Waals surface area contributed by atoms with Gasteiger partial charge in [-0.2, -0.15) is 0 Å². The van der Waals surface area contributed by atoms with Crippen molar-refractivity contribution in [3.63, 3.8) is 0 Å². The predicted octanol–water partition coefficient (Wildman–Crippen LogP) is 5.75. The molecule has 19 heavy (non-hydrogen) atoms. The number of anilines is 1. The highest BCUT2D eigenvalue weighted by Crippen LogP contribution is 2.23. The number of halogens is 1. The maximum absolute atomic E-state index is 3.52. The molecule has 0 aliphatic heterocycles. The van der Waals surface area contributed by atoms with E-state index in [1.807, 2.05) is 12.1 Å². The molecule has 1 N–H and O–H groups in total. The van der Waals surface area contributed by atoms with Crippen LogP contribution < -0.4 is 5.32 Å². The van der Waals surface area contributed by atoms with Gasteiger partial charge in [-0.25, -0.2) is 0 Å². The smallest absolute Gasteiger partial charge is 0.0485 e. The minimum Gasteiger partial charge on any atom is -0.378 e. The van der Waals surface area contributed by atoms with Crippen LogP contribution in [0.2, 0.25) is 0 Å². The molecular weight excluding hydrogens is 298 g/mol. The Kier molecular flexibility index (Phi) is 4.65. The minimum atomic E-state index is 0.301. The highest BCUT2D eigenvalue weighted by molar-refractivity contribution is 9.10. The van der Waals surface area contributed by atoms with Crippen LogP contribution in [0.1, 0.15) is 43.9 Å². The molecule has 2 rings (SSSR count). The Bertz CT molecular complexity index is 531. The minimum absolute atomic E-state index is 0.301. The first-order valence-electron chi connectivity index (χ1n) is 6.68. The number of nitrogens with one attached hydrogen (secondary N) is 1. The normalized spacial score (nSPS) is 12.5. The zero-order chi connectivity index (χ0) is 13.8. The Hall–Kier alpha value is -1.28. The topological polar surface area (TPSA) is 12.0 Å². The summed E-state index contributed by atoms with van der Waals surface area (Å²) in [5, 5.41) is 3.52. The Labute approximate surface area is 124 Å². The lowest BCUT2D eigenvalue weighted by atomic mass is 9.99. The number of hydrogen-bond donors (Lipinski definition) is 1. The van der Waals surface area contributed by atoms with E-state index in [-0.39, 0.29) is 0 Å². The summed E-state index contributed by atoms with van der Waals surface area (Å²) in [5.74, 6) is 0.586. The van der Waals surface area contributed by atoms with Crippen LogP contribution in [0, 0.1) is 0 Å². The number of benzene rings is 2. The summed E-state index contributed by atoms with van der Waals surface area (Å²) < 4.78 is 1.10. The number of rotatable bonds is 4. The molecule has 2 aromatic carbocycles. The van der Waals surface area contributed by atoms with E-state index in [9.17, 15) is 0 Å². The summed E-state index contributed by atoms with van der Waals surface area (Å²) >= 11 is 3.49. The lowest BCUT2D eigenvalue weighted by Gasteiger charge is -2.17. The lowest BCUT2D eigenvalue weighted by molar-refractivity contribution is 0.852. The van der Waals surface area contributed by atoms with Crippen molar-refractivity contribution < 1.29 is 0 Å². The van der Waals surface area contributed by atoms with Crippen molar-refractivity contribution in [3.8, 4) is 0 Å². The summed E-state index contributed by atoms with van der Waals surface area (Å²) in [6, 6.07) is 17.4. The molecule has 0 bridgehead atoms. The van der Waals surface area contributed by atoms with Gasteiger partial charge in [-0.15, -0.1) is 0 Å². The molecule has 0 spiro atoms. The predicted molar refractivity (Wildman–Crippen MR) is 86.7 cm³/mol. The Morgan fingerprint density at radius 2 is 1.53 bits per heavy atom. The van der Waals surface area contributed by atoms with Gasteiger partial charge in [0.25, 0.3) is 0 Å². The van der Waals surface area contributed by atoms with Crippen LogP contribution >= 0.6 is 15.9 Å². The first-order valence-corrected chi connectivity index (χ1v) is 7.47. The monoisotopic (exact) mass is 317 g/mol. The van der Waals surface area contributed by atoms with Crippen LogP contribution in [0.3, 0.4) is 0 Å². The molecule has 0 saturated heterocycles. The van der Waals surface area contributed by atoms with Gasteiger partial charge < -0.3 is 5.32 Å². The quantitative estimate of drug-likeness (QED) is 0.757. The van der Waals surface area contributed by atoms with Gasteiger partial charge in [-0.05, 0) is 42.2 Å². The molecule has 2 aromatic rings. The fourth-order valence-corrected chi connectivity index (χ4v) is 2.48. The van der Waals surface area contributed by atoms with Crippen LogP contribution in [0.4, 0.5) is 5.69 Å². The van der Waals surface area contributed by atoms with Crippen LogP contribution in [0.25, 0.3) is 0 Å². The van der Waals surface area contributed by atoms with Gasteiger partial charge in [0, 0.05) is 16.2 Å². The molecule has 0 radical (unpaired) electrons. The molecule has 0 aromatic heterocycles. The van der Waals surface area contributed by atoms with E-state index in [4.69, 9.17) is 0 Å². The molecule has 100 valence electrons. The Morgan fingerprint density at radius 3 is 2.11 bits per heavy atom. The fraction of sp³-hybridized carbons (Fsp3) is 0.294. The second kappa shape index (κ2) is 6.25. The van der Waals surface area contributed by atoms with E-state index >= 15 is 0 Å². The molecule has 2 heteroatoms. The molecule has 1 nitrogen and oxygen atoms in total. The zero-order valence-electron chi connectivity index (χ0n) is 11.7. The summed E-state index contributed by atoms with van der Waals surface area (Å²) in [6.07, 6.45) is 0. The molecule has 0 amide bonds. The van der Waals surface area contributed by atoms with Gasteiger partial charge in [-0.3, -0.25) is 0 Å². The van der Waals surface area contributed by atoms with Crippen molar-refractivity contribution in [1.29, 1.82) is 0 Å². The van der Waals surface area contributed by atoms with Crippen molar-refractivity contribution >= 4 is 21.6 Å². The summed E-state index contributed by atoms with van der Waals surface area (Å²) in [6.45, 7) is 6.63. The first-order chi connectivity index (χ1) is 9.06. The highest BCUT2D eigenvalue weighted by Gasteiger charge is 2.06. The summed E-state index contributed by atoms with van der Waals surface area (Å²) in [7, 11) is 0. The summed E-state index contributed by atoms with van der Waals surface area (Å²) in [4.78, 5) is 0. The molecule has 1 atom stereocenters. The maximum atomic E-state index is 3.52. The SMILES string of the molecule is CC(C)c1ccc(C(C)Nc2cccc(Br)c2)cc1. The van der Waals surface area contributed by atoms with E-state index in [0.717, 1.165) is 10.2 Å². The third-order valence-electron chi connectivity index (χ3n) is 3.31. The molecule has 1 unspecified atom stereocenters. The second-order valence-electron chi connectivity index (χ2n) is 5.20. The van der Waals surface area contributed by atoms with E-state index in [2.05, 4.69) is 78.4 Å². The van der Waals surface area contributed by atoms with Crippen LogP contribution in [-0.4, -0.2) is 0 Å². The standard InChI is InChI=1S/C17H20BrN/c1-12(2)14-7-9-15(10-8-14)13(3)19-17-6-4-5-16(18)11-17/h4-13,19H,1-3H3. The van der Waals surface area contributed by atoms with Crippen molar-refractivity contribution in [2.45, 2.75) is 32.7 Å². The van der Waals surface area contributed by atoms with Crippen molar-refractivity contribution in [1.82, 2.24) is 0 Å². The summed E-state index contributed by atoms with van der Waals surface area (Å²) in [5.41, 5.74) is 3.83. The first kappa shape index (κ1) is 14.1. The Balaban J connectivity index is 2.09. The van der Waals surface area contributed by atoms with Crippen LogP contribution in [-0.2, 0) is 0 Å². The van der Waals surface area contributed by atoms with Gasteiger partial charge in [0.15, 0.2) is 0 Å². The van der Waals surface area contributed by atoms with E-state index in [0.29, 0.717) is 12.0 Å². The third-order valence-corrected chi connectivity index (χ3v) is 3.80. The van der Waals surface area contributed by atoms with Crippen molar-refractivity contribution in [2.24, 2.45) is 0 Å². The maximum Gasteiger partial charge on any atom is 0.0485 e. The van der Waals surface area contributed by atoms with Gasteiger partial charge in [-0.1, -0.05) is 60.1 Å². The molecule has 0 fully saturated rings. The lowest BCUT2D eigenvalue weighted by Crippen LogP contribution is -2.06. The van der Waals surface area contributed by atoms with E-state index in [1.165, 1.54) is 11.1 Å². The van der Waals surface area contributed by atoms with Gasteiger partial charge in [0.1, 0.15) is 0 Å². The fourth-order valence-electron chi connectivity index (χ4n) is 2.08. The number of hydrogen-bond acceptors (Lipinski definition) is 1. The van der Waals surface area contributed by atoms with Crippen LogP contribution in [0.5, 0.6) is 0 Å². The van der Waals surface area contributed by atoms with Crippen molar-refractivity contribution in [2.75, 3.05) is 5.32 Å². The molecule has 0 aliphatic rings. The van der Waals surface area contributed by atoms with Gasteiger partial charge >= 0.3 is 0 Å².